The Morgan fingerprint density at radius 3 is 2.69 bits per heavy atom. The summed E-state index contributed by atoms with van der Waals surface area (Å²) in [6.45, 7) is 1.19. The standard InChI is InChI=1S/C22H16ClF5N6O2/c1-8(30-21(36)22(26,27)28)15-18(25)17(23)16(12-7-29-32-19(12)15)9-2-3-34-10(4-9)5-14(33-34)31-20(35)11-6-13(11)24/h2-5,7-8,11,13H,6H2,1H3,(H,29,32)(H,30,36)(H,31,33,35). The number of benzene rings is 1. The third-order valence-electron chi connectivity index (χ3n) is 5.92. The second kappa shape index (κ2) is 8.43. The Morgan fingerprint density at radius 2 is 2.03 bits per heavy atom. The smallest absolute Gasteiger partial charge is 0.342 e. The maximum Gasteiger partial charge on any atom is 0.471 e. The minimum atomic E-state index is -5.15. The first-order valence-electron chi connectivity index (χ1n) is 10.6. The van der Waals surface area contributed by atoms with Gasteiger partial charge < -0.3 is 10.6 Å². The number of nitrogens with zero attached hydrogens (tertiary/aromatic N) is 3. The predicted molar refractivity (Wildman–Crippen MR) is 119 cm³/mol. The average Bonchev–Trinajstić information content (AvgIpc) is 3.16. The lowest BCUT2D eigenvalue weighted by Gasteiger charge is -2.19. The van der Waals surface area contributed by atoms with E-state index in [9.17, 15) is 27.2 Å². The van der Waals surface area contributed by atoms with E-state index in [1.807, 2.05) is 0 Å². The van der Waals surface area contributed by atoms with E-state index in [0.29, 0.717) is 16.5 Å². The van der Waals surface area contributed by atoms with E-state index in [2.05, 4.69) is 20.6 Å². The zero-order valence-electron chi connectivity index (χ0n) is 18.3. The average molecular weight is 527 g/mol. The topological polar surface area (TPSA) is 104 Å². The van der Waals surface area contributed by atoms with Gasteiger partial charge in [-0.2, -0.15) is 23.4 Å². The monoisotopic (exact) mass is 526 g/mol. The lowest BCUT2D eigenvalue weighted by Crippen LogP contribution is -2.38. The molecule has 1 aromatic carbocycles. The first-order chi connectivity index (χ1) is 17.0. The van der Waals surface area contributed by atoms with Crippen LogP contribution in [0.4, 0.5) is 27.8 Å². The van der Waals surface area contributed by atoms with E-state index in [-0.39, 0.29) is 33.9 Å². The number of nitrogens with one attached hydrogen (secondary N) is 3. The van der Waals surface area contributed by atoms with Gasteiger partial charge in [0.2, 0.25) is 5.91 Å². The van der Waals surface area contributed by atoms with Gasteiger partial charge >= 0.3 is 12.1 Å². The number of hydrogen-bond acceptors (Lipinski definition) is 4. The molecule has 1 aliphatic carbocycles. The van der Waals surface area contributed by atoms with Crippen LogP contribution < -0.4 is 10.6 Å². The van der Waals surface area contributed by atoms with Crippen LogP contribution in [0.5, 0.6) is 0 Å². The summed E-state index contributed by atoms with van der Waals surface area (Å²) in [6, 6.07) is 3.34. The van der Waals surface area contributed by atoms with E-state index in [1.54, 1.807) is 17.4 Å². The van der Waals surface area contributed by atoms with Crippen molar-refractivity contribution in [2.75, 3.05) is 5.32 Å². The number of aromatic amines is 1. The van der Waals surface area contributed by atoms with Crippen molar-refractivity contribution in [1.82, 2.24) is 25.1 Å². The molecular formula is C22H16ClF5N6O2. The number of carbonyl (C=O) groups is 2. The van der Waals surface area contributed by atoms with Crippen LogP contribution in [0, 0.1) is 11.7 Å². The van der Waals surface area contributed by atoms with Crippen LogP contribution in [0.1, 0.15) is 24.9 Å². The molecule has 1 aliphatic rings. The van der Waals surface area contributed by atoms with Crippen molar-refractivity contribution in [2.24, 2.45) is 5.92 Å². The fourth-order valence-electron chi connectivity index (χ4n) is 4.04. The van der Waals surface area contributed by atoms with Crippen LogP contribution in [0.25, 0.3) is 27.5 Å². The molecule has 3 N–H and O–H groups in total. The van der Waals surface area contributed by atoms with Crippen LogP contribution in [0.15, 0.2) is 30.6 Å². The van der Waals surface area contributed by atoms with Gasteiger partial charge in [-0.15, -0.1) is 0 Å². The molecule has 3 unspecified atom stereocenters. The van der Waals surface area contributed by atoms with Gasteiger partial charge in [0.1, 0.15) is 12.0 Å². The number of alkyl halides is 4. The number of hydrogen-bond donors (Lipinski definition) is 3. The quantitative estimate of drug-likeness (QED) is 0.328. The molecule has 1 saturated carbocycles. The molecule has 1 fully saturated rings. The number of anilines is 1. The van der Waals surface area contributed by atoms with Crippen LogP contribution in [0.3, 0.4) is 0 Å². The van der Waals surface area contributed by atoms with E-state index in [4.69, 9.17) is 11.6 Å². The molecule has 0 spiro atoms. The summed E-state index contributed by atoms with van der Waals surface area (Å²) in [4.78, 5) is 23.4. The molecule has 4 aromatic rings. The van der Waals surface area contributed by atoms with Crippen molar-refractivity contribution in [1.29, 1.82) is 0 Å². The van der Waals surface area contributed by atoms with E-state index >= 15 is 4.39 Å². The third kappa shape index (κ3) is 4.12. The summed E-state index contributed by atoms with van der Waals surface area (Å²) in [5.74, 6) is -4.21. The summed E-state index contributed by atoms with van der Waals surface area (Å²) < 4.78 is 68.1. The van der Waals surface area contributed by atoms with Gasteiger partial charge in [-0.05, 0) is 31.0 Å². The molecule has 8 nitrogen and oxygen atoms in total. The SMILES string of the molecule is CC(NC(=O)C(F)(F)F)c1c(F)c(Cl)c(-c2ccn3nc(NC(=O)C4CC4F)cc3c2)c2cn[nH]c12. The molecular weight excluding hydrogens is 511 g/mol. The Balaban J connectivity index is 1.53. The molecule has 36 heavy (non-hydrogen) atoms. The minimum Gasteiger partial charge on any atom is -0.342 e. The number of carbonyl (C=O) groups excluding carboxylic acids is 2. The van der Waals surface area contributed by atoms with Gasteiger partial charge in [-0.1, -0.05) is 11.6 Å². The number of aromatic nitrogens is 4. The Bertz CT molecular complexity index is 1530. The Labute approximate surface area is 203 Å². The lowest BCUT2D eigenvalue weighted by molar-refractivity contribution is -0.174. The highest BCUT2D eigenvalue weighted by molar-refractivity contribution is 6.35. The zero-order chi connectivity index (χ0) is 25.9. The fraction of sp³-hybridized carbons (Fsp3) is 0.273. The maximum absolute atomic E-state index is 15.4. The summed E-state index contributed by atoms with van der Waals surface area (Å²) in [6.07, 6.45) is -3.26. The fourth-order valence-corrected chi connectivity index (χ4v) is 4.35. The highest BCUT2D eigenvalue weighted by Gasteiger charge is 2.44. The predicted octanol–water partition coefficient (Wildman–Crippen LogP) is 4.71. The van der Waals surface area contributed by atoms with Crippen molar-refractivity contribution in [3.63, 3.8) is 0 Å². The second-order valence-electron chi connectivity index (χ2n) is 8.43. The van der Waals surface area contributed by atoms with E-state index in [0.717, 1.165) is 0 Å². The molecule has 0 saturated heterocycles. The highest BCUT2D eigenvalue weighted by atomic mass is 35.5. The maximum atomic E-state index is 15.4. The molecule has 3 heterocycles. The van der Waals surface area contributed by atoms with Crippen molar-refractivity contribution < 1.29 is 31.5 Å². The number of pyridine rings is 1. The molecule has 0 radical (unpaired) electrons. The first kappa shape index (κ1) is 24.0. The highest BCUT2D eigenvalue weighted by Crippen LogP contribution is 2.41. The molecule has 2 amide bonds. The Morgan fingerprint density at radius 1 is 1.31 bits per heavy atom. The number of H-pyrrole nitrogens is 1. The zero-order valence-corrected chi connectivity index (χ0v) is 19.0. The molecule has 14 heteroatoms. The van der Waals surface area contributed by atoms with Gasteiger partial charge in [-0.3, -0.25) is 14.7 Å². The molecule has 3 atom stereocenters. The number of rotatable bonds is 5. The van der Waals surface area contributed by atoms with Crippen molar-refractivity contribution in [3.05, 3.63) is 47.0 Å². The van der Waals surface area contributed by atoms with Gasteiger partial charge in [-0.25, -0.2) is 13.3 Å². The molecule has 3 aromatic heterocycles. The molecule has 0 aliphatic heterocycles. The van der Waals surface area contributed by atoms with Gasteiger partial charge in [0, 0.05) is 28.8 Å². The number of halogens is 6. The third-order valence-corrected chi connectivity index (χ3v) is 6.27. The van der Waals surface area contributed by atoms with Crippen molar-refractivity contribution in [2.45, 2.75) is 31.7 Å². The number of amides is 2. The number of fused-ring (bicyclic) bond motifs is 2. The van der Waals surface area contributed by atoms with E-state index in [1.165, 1.54) is 29.9 Å². The molecule has 5 rings (SSSR count). The lowest BCUT2D eigenvalue weighted by atomic mass is 9.96. The minimum absolute atomic E-state index is 0.0634. The van der Waals surface area contributed by atoms with Crippen LogP contribution in [-0.2, 0) is 9.59 Å². The second-order valence-corrected chi connectivity index (χ2v) is 8.81. The Hall–Kier alpha value is -3.74. The summed E-state index contributed by atoms with van der Waals surface area (Å²) in [5.41, 5.74) is 0.922. The van der Waals surface area contributed by atoms with Crippen LogP contribution in [0.2, 0.25) is 5.02 Å². The molecule has 188 valence electrons. The largest absolute Gasteiger partial charge is 0.471 e. The van der Waals surface area contributed by atoms with Crippen LogP contribution in [-0.4, -0.2) is 44.0 Å². The van der Waals surface area contributed by atoms with Crippen molar-refractivity contribution in [3.8, 4) is 11.1 Å². The summed E-state index contributed by atoms with van der Waals surface area (Å²) >= 11 is 6.35. The van der Waals surface area contributed by atoms with Gasteiger partial charge in [0.25, 0.3) is 0 Å². The van der Waals surface area contributed by atoms with Gasteiger partial charge in [0.05, 0.1) is 34.2 Å². The van der Waals surface area contributed by atoms with Gasteiger partial charge in [0.15, 0.2) is 5.82 Å². The Kier molecular flexibility index (Phi) is 5.62. The normalized spacial score (nSPS) is 18.4. The summed E-state index contributed by atoms with van der Waals surface area (Å²) in [5, 5.41) is 14.9. The van der Waals surface area contributed by atoms with Crippen LogP contribution >= 0.6 is 11.6 Å². The van der Waals surface area contributed by atoms with E-state index < -0.39 is 41.9 Å². The molecule has 0 bridgehead atoms. The van der Waals surface area contributed by atoms with Crippen molar-refractivity contribution >= 4 is 45.7 Å². The first-order valence-corrected chi connectivity index (χ1v) is 11.0. The summed E-state index contributed by atoms with van der Waals surface area (Å²) in [7, 11) is 0.